The molecule has 1 aromatic rings. The van der Waals surface area contributed by atoms with Crippen LogP contribution in [0.1, 0.15) is 33.0 Å². The summed E-state index contributed by atoms with van der Waals surface area (Å²) in [6.45, 7) is 8.96. The van der Waals surface area contributed by atoms with Crippen molar-refractivity contribution in [3.63, 3.8) is 0 Å². The van der Waals surface area contributed by atoms with Gasteiger partial charge in [0.2, 0.25) is 0 Å². The van der Waals surface area contributed by atoms with E-state index in [2.05, 4.69) is 41.0 Å². The highest BCUT2D eigenvalue weighted by atomic mass is 16.3. The van der Waals surface area contributed by atoms with Crippen molar-refractivity contribution in [2.45, 2.75) is 33.6 Å². The Hall–Kier alpha value is -1.36. The number of nitrogens with one attached hydrogen (secondary N) is 1. The molecule has 0 aliphatic heterocycles. The molecule has 18 heavy (non-hydrogen) atoms. The molecule has 0 saturated carbocycles. The molecular formula is C13H24N4O. The maximum atomic E-state index is 8.93. The van der Waals surface area contributed by atoms with Crippen LogP contribution in [0, 0.1) is 0 Å². The summed E-state index contributed by atoms with van der Waals surface area (Å²) in [6.07, 6.45) is 1.58. The number of nitrogens with zero attached hydrogens (tertiary/aromatic N) is 3. The maximum Gasteiger partial charge on any atom is 0.134 e. The molecule has 0 atom stereocenters. The Balaban J connectivity index is 2.93. The number of aliphatic hydroxyl groups is 1. The van der Waals surface area contributed by atoms with E-state index in [1.165, 1.54) is 0 Å². The number of aliphatic hydroxyl groups excluding tert-OH is 1. The predicted octanol–water partition coefficient (Wildman–Crippen LogP) is 1.68. The first-order valence-corrected chi connectivity index (χ1v) is 6.72. The van der Waals surface area contributed by atoms with Gasteiger partial charge in [-0.2, -0.15) is 0 Å². The lowest BCUT2D eigenvalue weighted by molar-refractivity contribution is 0.289. The van der Waals surface area contributed by atoms with Crippen molar-refractivity contribution >= 4 is 11.6 Å². The molecule has 0 unspecified atom stereocenters. The number of aromatic nitrogens is 2. The maximum absolute atomic E-state index is 8.93. The normalized spacial score (nSPS) is 10.4. The zero-order valence-corrected chi connectivity index (χ0v) is 11.6. The highest BCUT2D eigenvalue weighted by molar-refractivity contribution is 5.49. The fourth-order valence-corrected chi connectivity index (χ4v) is 1.77. The predicted molar refractivity (Wildman–Crippen MR) is 75.2 cm³/mol. The smallest absolute Gasteiger partial charge is 0.134 e. The van der Waals surface area contributed by atoms with Crippen molar-refractivity contribution in [2.75, 3.05) is 36.5 Å². The molecule has 0 aromatic carbocycles. The summed E-state index contributed by atoms with van der Waals surface area (Å²) in [4.78, 5) is 11.2. The molecular weight excluding hydrogens is 228 g/mol. The van der Waals surface area contributed by atoms with Crippen LogP contribution in [0.15, 0.2) is 6.07 Å². The van der Waals surface area contributed by atoms with Gasteiger partial charge in [0.05, 0.1) is 0 Å². The molecule has 0 saturated heterocycles. The van der Waals surface area contributed by atoms with Crippen LogP contribution in [0.5, 0.6) is 0 Å². The van der Waals surface area contributed by atoms with Gasteiger partial charge in [0.1, 0.15) is 17.5 Å². The zero-order chi connectivity index (χ0) is 13.4. The molecule has 1 rings (SSSR count). The number of anilines is 2. The van der Waals surface area contributed by atoms with Crippen molar-refractivity contribution in [1.29, 1.82) is 0 Å². The van der Waals surface area contributed by atoms with Gasteiger partial charge in [0.25, 0.3) is 0 Å². The van der Waals surface area contributed by atoms with Gasteiger partial charge in [-0.25, -0.2) is 9.97 Å². The van der Waals surface area contributed by atoms with Crippen LogP contribution in [0.25, 0.3) is 0 Å². The molecule has 0 radical (unpaired) electrons. The van der Waals surface area contributed by atoms with Gasteiger partial charge >= 0.3 is 0 Å². The summed E-state index contributed by atoms with van der Waals surface area (Å²) in [6, 6.07) is 1.98. The van der Waals surface area contributed by atoms with Crippen molar-refractivity contribution in [3.05, 3.63) is 11.9 Å². The summed E-state index contributed by atoms with van der Waals surface area (Å²) >= 11 is 0. The van der Waals surface area contributed by atoms with Crippen LogP contribution in [0.4, 0.5) is 11.6 Å². The lowest BCUT2D eigenvalue weighted by atomic mass is 10.3. The molecule has 0 amide bonds. The van der Waals surface area contributed by atoms with Gasteiger partial charge in [-0.05, 0) is 20.3 Å². The molecule has 2 N–H and O–H groups in total. The quantitative estimate of drug-likeness (QED) is 0.737. The van der Waals surface area contributed by atoms with Crippen LogP contribution in [-0.4, -0.2) is 41.3 Å². The molecule has 0 aliphatic rings. The Morgan fingerprint density at radius 1 is 1.28 bits per heavy atom. The van der Waals surface area contributed by atoms with Gasteiger partial charge in [0, 0.05) is 38.7 Å². The second kappa shape index (κ2) is 7.87. The second-order valence-corrected chi connectivity index (χ2v) is 4.07. The highest BCUT2D eigenvalue weighted by Crippen LogP contribution is 2.16. The monoisotopic (exact) mass is 252 g/mol. The van der Waals surface area contributed by atoms with Gasteiger partial charge in [-0.3, -0.25) is 0 Å². The zero-order valence-electron chi connectivity index (χ0n) is 11.6. The number of aryl methyl sites for hydroxylation is 1. The van der Waals surface area contributed by atoms with Crippen LogP contribution in [0.3, 0.4) is 0 Å². The molecule has 1 aromatic heterocycles. The van der Waals surface area contributed by atoms with Gasteiger partial charge in [-0.15, -0.1) is 0 Å². The Morgan fingerprint density at radius 3 is 2.61 bits per heavy atom. The molecule has 0 bridgehead atoms. The van der Waals surface area contributed by atoms with Gasteiger partial charge in [-0.1, -0.05) is 6.92 Å². The van der Waals surface area contributed by atoms with E-state index < -0.39 is 0 Å². The van der Waals surface area contributed by atoms with Crippen LogP contribution in [0.2, 0.25) is 0 Å². The second-order valence-electron chi connectivity index (χ2n) is 4.07. The van der Waals surface area contributed by atoms with Crippen LogP contribution < -0.4 is 10.2 Å². The van der Waals surface area contributed by atoms with E-state index in [-0.39, 0.29) is 6.61 Å². The first-order chi connectivity index (χ1) is 8.74. The number of hydrogen-bond acceptors (Lipinski definition) is 5. The van der Waals surface area contributed by atoms with E-state index in [0.717, 1.165) is 49.9 Å². The Bertz CT molecular complexity index is 357. The highest BCUT2D eigenvalue weighted by Gasteiger charge is 2.09. The Morgan fingerprint density at radius 2 is 2.06 bits per heavy atom. The molecule has 5 nitrogen and oxygen atoms in total. The summed E-state index contributed by atoms with van der Waals surface area (Å²) in [5.74, 6) is 2.67. The standard InChI is InChI=1S/C13H24N4O/c1-4-11-15-12(14-5-2)10-13(16-11)17(6-3)8-7-9-18/h10,18H,4-9H2,1-3H3,(H,14,15,16). The average Bonchev–Trinajstić information content (AvgIpc) is 2.39. The Labute approximate surface area is 109 Å². The van der Waals surface area contributed by atoms with Crippen LogP contribution in [-0.2, 0) is 6.42 Å². The lowest BCUT2D eigenvalue weighted by Gasteiger charge is -2.22. The first-order valence-electron chi connectivity index (χ1n) is 6.72. The van der Waals surface area contributed by atoms with E-state index in [4.69, 9.17) is 5.11 Å². The molecule has 1 heterocycles. The molecule has 5 heteroatoms. The fraction of sp³-hybridized carbons (Fsp3) is 0.692. The lowest BCUT2D eigenvalue weighted by Crippen LogP contribution is -2.26. The minimum absolute atomic E-state index is 0.211. The van der Waals surface area contributed by atoms with Gasteiger partial charge in [0.15, 0.2) is 0 Å². The van der Waals surface area contributed by atoms with Crippen molar-refractivity contribution < 1.29 is 5.11 Å². The summed E-state index contributed by atoms with van der Waals surface area (Å²) in [7, 11) is 0. The van der Waals surface area contributed by atoms with Crippen molar-refractivity contribution in [3.8, 4) is 0 Å². The van der Waals surface area contributed by atoms with E-state index in [1.807, 2.05) is 6.07 Å². The van der Waals surface area contributed by atoms with E-state index in [1.54, 1.807) is 0 Å². The minimum Gasteiger partial charge on any atom is -0.396 e. The third kappa shape index (κ3) is 4.14. The van der Waals surface area contributed by atoms with E-state index in [9.17, 15) is 0 Å². The van der Waals surface area contributed by atoms with Gasteiger partial charge < -0.3 is 15.3 Å². The first kappa shape index (κ1) is 14.7. The van der Waals surface area contributed by atoms with E-state index in [0.29, 0.717) is 0 Å². The average molecular weight is 252 g/mol. The summed E-state index contributed by atoms with van der Waals surface area (Å²) in [5.41, 5.74) is 0. The fourth-order valence-electron chi connectivity index (χ4n) is 1.77. The Kier molecular flexibility index (Phi) is 6.43. The molecule has 0 spiro atoms. The topological polar surface area (TPSA) is 61.3 Å². The third-order valence-electron chi connectivity index (χ3n) is 2.72. The SMILES string of the molecule is CCNc1cc(N(CC)CCCO)nc(CC)n1. The molecule has 102 valence electrons. The minimum atomic E-state index is 0.211. The largest absolute Gasteiger partial charge is 0.396 e. The number of hydrogen-bond donors (Lipinski definition) is 2. The third-order valence-corrected chi connectivity index (χ3v) is 2.72. The van der Waals surface area contributed by atoms with Crippen LogP contribution >= 0.6 is 0 Å². The summed E-state index contributed by atoms with van der Waals surface area (Å²) < 4.78 is 0. The van der Waals surface area contributed by atoms with Crippen molar-refractivity contribution in [2.24, 2.45) is 0 Å². The molecule has 0 fully saturated rings. The summed E-state index contributed by atoms with van der Waals surface area (Å²) in [5, 5.41) is 12.2. The molecule has 0 aliphatic carbocycles. The van der Waals surface area contributed by atoms with Crippen molar-refractivity contribution in [1.82, 2.24) is 9.97 Å². The van der Waals surface area contributed by atoms with E-state index >= 15 is 0 Å². The number of rotatable bonds is 8.